The van der Waals surface area contributed by atoms with Crippen LogP contribution in [0.3, 0.4) is 0 Å². The van der Waals surface area contributed by atoms with E-state index in [1.165, 1.54) is 0 Å². The summed E-state index contributed by atoms with van der Waals surface area (Å²) in [5, 5.41) is 0. The van der Waals surface area contributed by atoms with Crippen LogP contribution in [0, 0.1) is 0 Å². The fourth-order valence-electron chi connectivity index (χ4n) is 4.04. The van der Waals surface area contributed by atoms with Gasteiger partial charge < -0.3 is 33.0 Å². The summed E-state index contributed by atoms with van der Waals surface area (Å²) in [6, 6.07) is 10.9. The number of nitrogens with zero attached hydrogens (tertiary/aromatic N) is 1. The molecule has 1 aromatic heterocycles. The Labute approximate surface area is 192 Å². The second kappa shape index (κ2) is 9.36. The Morgan fingerprint density at radius 1 is 0.788 bits per heavy atom. The van der Waals surface area contributed by atoms with Gasteiger partial charge in [0.2, 0.25) is 5.75 Å². The fourth-order valence-corrected chi connectivity index (χ4v) is 4.04. The van der Waals surface area contributed by atoms with Crippen molar-refractivity contribution < 1.29 is 32.9 Å². The van der Waals surface area contributed by atoms with Gasteiger partial charge in [0.25, 0.3) is 5.91 Å². The highest BCUT2D eigenvalue weighted by molar-refractivity contribution is 5.92. The Bertz CT molecular complexity index is 1140. The van der Waals surface area contributed by atoms with Gasteiger partial charge in [0.05, 0.1) is 35.5 Å². The molecule has 1 aliphatic rings. The maximum Gasteiger partial charge on any atom is 0.289 e. The van der Waals surface area contributed by atoms with Crippen LogP contribution in [0.1, 0.15) is 21.7 Å². The van der Waals surface area contributed by atoms with Crippen molar-refractivity contribution in [2.75, 3.05) is 42.1 Å². The Kier molecular flexibility index (Phi) is 6.35. The summed E-state index contributed by atoms with van der Waals surface area (Å²) in [5.74, 6) is 3.47. The molecule has 4 rings (SSSR count). The Hall–Kier alpha value is -3.81. The molecule has 1 amide bonds. The van der Waals surface area contributed by atoms with Crippen LogP contribution in [0.15, 0.2) is 40.8 Å². The topological polar surface area (TPSA) is 79.6 Å². The highest BCUT2D eigenvalue weighted by Crippen LogP contribution is 2.41. The number of fused-ring (bicyclic) bond motifs is 1. The van der Waals surface area contributed by atoms with Gasteiger partial charge in [-0.25, -0.2) is 0 Å². The van der Waals surface area contributed by atoms with Gasteiger partial charge in [-0.15, -0.1) is 0 Å². The van der Waals surface area contributed by atoms with Crippen LogP contribution in [-0.4, -0.2) is 52.9 Å². The summed E-state index contributed by atoms with van der Waals surface area (Å²) in [5.41, 5.74) is 2.89. The van der Waals surface area contributed by atoms with Crippen LogP contribution in [0.4, 0.5) is 0 Å². The molecule has 0 unspecified atom stereocenters. The van der Waals surface area contributed by atoms with Gasteiger partial charge in [-0.05, 0) is 53.9 Å². The molecule has 0 N–H and O–H groups in total. The number of carbonyl (C=O) groups excluding carboxylic acids is 1. The number of amides is 1. The van der Waals surface area contributed by atoms with Gasteiger partial charge in [0.1, 0.15) is 5.76 Å². The summed E-state index contributed by atoms with van der Waals surface area (Å²) < 4.78 is 33.0. The number of benzene rings is 2. The minimum absolute atomic E-state index is 0.172. The number of ether oxygens (including phenoxy) is 5. The predicted octanol–water partition coefficient (Wildman–Crippen LogP) is 4.19. The third kappa shape index (κ3) is 4.16. The van der Waals surface area contributed by atoms with Gasteiger partial charge in [0, 0.05) is 18.7 Å². The van der Waals surface area contributed by atoms with Crippen LogP contribution in [0.5, 0.6) is 28.7 Å². The van der Waals surface area contributed by atoms with Crippen molar-refractivity contribution in [3.8, 4) is 40.1 Å². The molecule has 1 aliphatic heterocycles. The van der Waals surface area contributed by atoms with E-state index >= 15 is 0 Å². The second-order valence-electron chi connectivity index (χ2n) is 7.53. The lowest BCUT2D eigenvalue weighted by Gasteiger charge is -2.29. The zero-order chi connectivity index (χ0) is 23.5. The number of carbonyl (C=O) groups is 1. The number of rotatable bonds is 7. The minimum atomic E-state index is -0.172. The smallest absolute Gasteiger partial charge is 0.289 e. The van der Waals surface area contributed by atoms with E-state index in [2.05, 4.69) is 0 Å². The van der Waals surface area contributed by atoms with E-state index < -0.39 is 0 Å². The van der Waals surface area contributed by atoms with E-state index in [-0.39, 0.29) is 11.7 Å². The first-order chi connectivity index (χ1) is 16.0. The van der Waals surface area contributed by atoms with Gasteiger partial charge in [-0.1, -0.05) is 0 Å². The molecule has 3 aromatic rings. The number of methoxy groups -OCH3 is 5. The molecular weight excluding hydrogens is 426 g/mol. The quantitative estimate of drug-likeness (QED) is 0.531. The van der Waals surface area contributed by atoms with Crippen molar-refractivity contribution in [3.05, 3.63) is 53.3 Å². The molecule has 33 heavy (non-hydrogen) atoms. The molecule has 0 radical (unpaired) electrons. The average Bonchev–Trinajstić information content (AvgIpc) is 3.36. The molecule has 0 atom stereocenters. The summed E-state index contributed by atoms with van der Waals surface area (Å²) in [6.45, 7) is 1.05. The summed E-state index contributed by atoms with van der Waals surface area (Å²) >= 11 is 0. The molecule has 174 valence electrons. The molecule has 8 nitrogen and oxygen atoms in total. The van der Waals surface area contributed by atoms with Crippen LogP contribution in [0.2, 0.25) is 0 Å². The lowest BCUT2D eigenvalue weighted by atomic mass is 9.98. The first-order valence-corrected chi connectivity index (χ1v) is 10.5. The van der Waals surface area contributed by atoms with Crippen molar-refractivity contribution >= 4 is 5.91 Å². The van der Waals surface area contributed by atoms with Crippen molar-refractivity contribution in [2.24, 2.45) is 0 Å². The normalized spacial score (nSPS) is 12.7. The van der Waals surface area contributed by atoms with Crippen molar-refractivity contribution in [1.82, 2.24) is 4.90 Å². The summed E-state index contributed by atoms with van der Waals surface area (Å²) in [7, 11) is 7.87. The van der Waals surface area contributed by atoms with Gasteiger partial charge in [-0.2, -0.15) is 0 Å². The van der Waals surface area contributed by atoms with Crippen LogP contribution >= 0.6 is 0 Å². The predicted molar refractivity (Wildman–Crippen MR) is 122 cm³/mol. The van der Waals surface area contributed by atoms with E-state index in [0.29, 0.717) is 53.2 Å². The van der Waals surface area contributed by atoms with Crippen molar-refractivity contribution in [2.45, 2.75) is 13.0 Å². The standard InChI is InChI=1S/C25H27NO7/c1-28-20-10-15-8-9-26(14-17(15)13-21(20)29-2)25(27)19-7-6-18(33-19)16-11-22(30-3)24(32-5)23(12-16)31-4/h6-7,10-13H,8-9,14H2,1-5H3. The van der Waals surface area contributed by atoms with Gasteiger partial charge >= 0.3 is 0 Å². The van der Waals surface area contributed by atoms with E-state index in [1.54, 1.807) is 64.7 Å². The zero-order valence-corrected chi connectivity index (χ0v) is 19.4. The molecular formula is C25H27NO7. The Morgan fingerprint density at radius 2 is 1.39 bits per heavy atom. The molecule has 8 heteroatoms. The fraction of sp³-hybridized carbons (Fsp3) is 0.320. The molecule has 0 fully saturated rings. The maximum absolute atomic E-state index is 13.2. The minimum Gasteiger partial charge on any atom is -0.493 e. The number of furan rings is 1. The third-order valence-corrected chi connectivity index (χ3v) is 5.77. The summed E-state index contributed by atoms with van der Waals surface area (Å²) in [6.07, 6.45) is 0.724. The number of hydrogen-bond donors (Lipinski definition) is 0. The van der Waals surface area contributed by atoms with E-state index in [4.69, 9.17) is 28.1 Å². The number of hydrogen-bond acceptors (Lipinski definition) is 7. The third-order valence-electron chi connectivity index (χ3n) is 5.77. The first-order valence-electron chi connectivity index (χ1n) is 10.5. The van der Waals surface area contributed by atoms with Crippen LogP contribution in [0.25, 0.3) is 11.3 Å². The van der Waals surface area contributed by atoms with Crippen LogP contribution in [-0.2, 0) is 13.0 Å². The molecule has 2 heterocycles. The second-order valence-corrected chi connectivity index (χ2v) is 7.53. The molecule has 0 bridgehead atoms. The van der Waals surface area contributed by atoms with E-state index in [1.807, 2.05) is 12.1 Å². The SMILES string of the molecule is COc1cc2c(cc1OC)CN(C(=O)c1ccc(-c3cc(OC)c(OC)c(OC)c3)o1)CC2. The van der Waals surface area contributed by atoms with Crippen molar-refractivity contribution in [1.29, 1.82) is 0 Å². The maximum atomic E-state index is 13.2. The monoisotopic (exact) mass is 453 g/mol. The van der Waals surface area contributed by atoms with E-state index in [0.717, 1.165) is 17.5 Å². The molecule has 0 saturated heterocycles. The average molecular weight is 453 g/mol. The van der Waals surface area contributed by atoms with Crippen molar-refractivity contribution in [3.63, 3.8) is 0 Å². The van der Waals surface area contributed by atoms with Gasteiger partial charge in [0.15, 0.2) is 28.8 Å². The highest BCUT2D eigenvalue weighted by atomic mass is 16.5. The van der Waals surface area contributed by atoms with Gasteiger partial charge in [-0.3, -0.25) is 4.79 Å². The molecule has 0 aliphatic carbocycles. The Balaban J connectivity index is 1.58. The van der Waals surface area contributed by atoms with E-state index in [9.17, 15) is 4.79 Å². The van der Waals surface area contributed by atoms with Crippen LogP contribution < -0.4 is 23.7 Å². The zero-order valence-electron chi connectivity index (χ0n) is 19.4. The highest BCUT2D eigenvalue weighted by Gasteiger charge is 2.26. The molecule has 0 spiro atoms. The lowest BCUT2D eigenvalue weighted by Crippen LogP contribution is -2.35. The largest absolute Gasteiger partial charge is 0.493 e. The molecule has 0 saturated carbocycles. The molecule has 2 aromatic carbocycles. The Morgan fingerprint density at radius 3 is 1.97 bits per heavy atom. The lowest BCUT2D eigenvalue weighted by molar-refractivity contribution is 0.0703. The summed E-state index contributed by atoms with van der Waals surface area (Å²) in [4.78, 5) is 15.0. The first kappa shape index (κ1) is 22.4.